The first-order valence-corrected chi connectivity index (χ1v) is 9.33. The zero-order chi connectivity index (χ0) is 20.5. The number of fused-ring (bicyclic) bond motifs is 1. The maximum Gasteiger partial charge on any atom is 0.259 e. The maximum absolute atomic E-state index is 11.3. The van der Waals surface area contributed by atoms with E-state index in [0.717, 1.165) is 16.5 Å². The highest BCUT2D eigenvalue weighted by Crippen LogP contribution is 2.31. The number of pyridine rings is 1. The molecule has 4 rings (SSSR count). The summed E-state index contributed by atoms with van der Waals surface area (Å²) in [5, 5.41) is 5.34. The van der Waals surface area contributed by atoms with Crippen molar-refractivity contribution in [1.82, 2.24) is 19.7 Å². The van der Waals surface area contributed by atoms with Gasteiger partial charge in [0.25, 0.3) is 5.89 Å². The van der Waals surface area contributed by atoms with Crippen LogP contribution in [0.2, 0.25) is 5.02 Å². The quantitative estimate of drug-likeness (QED) is 0.518. The van der Waals surface area contributed by atoms with E-state index in [1.807, 2.05) is 38.1 Å². The largest absolute Gasteiger partial charge is 0.474 e. The average molecular weight is 412 g/mol. The molecule has 2 N–H and O–H groups in total. The fraction of sp³-hybridized carbons (Fsp3) is 0.200. The number of nitrogens with zero attached hydrogens (tertiary/aromatic N) is 4. The third-order valence-corrected chi connectivity index (χ3v) is 4.48. The van der Waals surface area contributed by atoms with Crippen LogP contribution in [0.4, 0.5) is 0 Å². The summed E-state index contributed by atoms with van der Waals surface area (Å²) in [4.78, 5) is 20.0. The molecule has 0 fully saturated rings. The number of carbonyl (C=O) groups excluding carboxylic acids is 1. The Morgan fingerprint density at radius 1 is 1.34 bits per heavy atom. The van der Waals surface area contributed by atoms with Gasteiger partial charge in [-0.05, 0) is 32.0 Å². The summed E-state index contributed by atoms with van der Waals surface area (Å²) < 4.78 is 12.7. The third kappa shape index (κ3) is 3.79. The van der Waals surface area contributed by atoms with Gasteiger partial charge >= 0.3 is 0 Å². The van der Waals surface area contributed by atoms with Gasteiger partial charge < -0.3 is 19.6 Å². The molecule has 0 spiro atoms. The number of rotatable bonds is 6. The second-order valence-electron chi connectivity index (χ2n) is 6.75. The lowest BCUT2D eigenvalue weighted by Crippen LogP contribution is -2.17. The zero-order valence-electron chi connectivity index (χ0n) is 15.8. The Morgan fingerprint density at radius 2 is 2.17 bits per heavy atom. The van der Waals surface area contributed by atoms with Gasteiger partial charge in [-0.1, -0.05) is 28.9 Å². The van der Waals surface area contributed by atoms with Crippen molar-refractivity contribution in [2.45, 2.75) is 26.5 Å². The van der Waals surface area contributed by atoms with Gasteiger partial charge in [-0.25, -0.2) is 4.98 Å². The van der Waals surface area contributed by atoms with Crippen molar-refractivity contribution in [3.05, 3.63) is 47.7 Å². The summed E-state index contributed by atoms with van der Waals surface area (Å²) in [6.07, 6.45) is 3.34. The van der Waals surface area contributed by atoms with Crippen LogP contribution in [0.25, 0.3) is 33.7 Å². The van der Waals surface area contributed by atoms with Crippen LogP contribution in [0.15, 0.2) is 47.2 Å². The molecule has 0 saturated carbocycles. The van der Waals surface area contributed by atoms with E-state index in [-0.39, 0.29) is 12.6 Å². The molecule has 0 aliphatic heterocycles. The number of halogens is 1. The second-order valence-corrected chi connectivity index (χ2v) is 7.16. The zero-order valence-corrected chi connectivity index (χ0v) is 16.6. The lowest BCUT2D eigenvalue weighted by Gasteiger charge is -2.09. The molecule has 1 aromatic carbocycles. The van der Waals surface area contributed by atoms with Crippen LogP contribution < -0.4 is 10.5 Å². The van der Waals surface area contributed by atoms with Crippen molar-refractivity contribution in [3.8, 4) is 28.7 Å². The average Bonchev–Trinajstić information content (AvgIpc) is 3.30. The Bertz CT molecular complexity index is 1200. The van der Waals surface area contributed by atoms with Crippen LogP contribution in [0, 0.1) is 0 Å². The predicted octanol–water partition coefficient (Wildman–Crippen LogP) is 3.68. The molecule has 0 aliphatic rings. The van der Waals surface area contributed by atoms with Crippen LogP contribution in [0.3, 0.4) is 0 Å². The summed E-state index contributed by atoms with van der Waals surface area (Å²) in [7, 11) is 0. The highest BCUT2D eigenvalue weighted by molar-refractivity contribution is 6.32. The van der Waals surface area contributed by atoms with Gasteiger partial charge in [0.15, 0.2) is 0 Å². The van der Waals surface area contributed by atoms with Gasteiger partial charge in [0.05, 0.1) is 11.7 Å². The summed E-state index contributed by atoms with van der Waals surface area (Å²) in [5.41, 5.74) is 7.53. The van der Waals surface area contributed by atoms with Gasteiger partial charge in [-0.2, -0.15) is 4.98 Å². The molecular formula is C20H18ClN5O3. The van der Waals surface area contributed by atoms with Gasteiger partial charge in [0.2, 0.25) is 17.6 Å². The Labute approximate surface area is 171 Å². The molecule has 0 saturated heterocycles. The predicted molar refractivity (Wildman–Crippen MR) is 108 cm³/mol. The summed E-state index contributed by atoms with van der Waals surface area (Å²) in [6.45, 7) is 3.89. The summed E-state index contributed by atoms with van der Waals surface area (Å²) in [5.74, 6) is 0.648. The van der Waals surface area contributed by atoms with Gasteiger partial charge in [0, 0.05) is 28.9 Å². The van der Waals surface area contributed by atoms with Crippen molar-refractivity contribution in [1.29, 1.82) is 0 Å². The fourth-order valence-corrected chi connectivity index (χ4v) is 3.24. The molecule has 4 aromatic rings. The molecule has 0 unspecified atom stereocenters. The molecule has 0 aliphatic carbocycles. The van der Waals surface area contributed by atoms with Gasteiger partial charge in [-0.15, -0.1) is 0 Å². The SMILES string of the molecule is CC(C)Oc1ncc(-c2nc(-c3cccc4c3ccn4CC(N)=O)no2)cc1Cl. The molecule has 8 nitrogen and oxygen atoms in total. The van der Waals surface area contributed by atoms with Crippen LogP contribution in [0.1, 0.15) is 13.8 Å². The molecular weight excluding hydrogens is 394 g/mol. The fourth-order valence-electron chi connectivity index (χ4n) is 3.03. The molecule has 0 radical (unpaired) electrons. The lowest BCUT2D eigenvalue weighted by molar-refractivity contribution is -0.118. The molecule has 0 atom stereocenters. The van der Waals surface area contributed by atoms with Crippen molar-refractivity contribution < 1.29 is 14.1 Å². The Kier molecular flexibility index (Phi) is 4.94. The highest BCUT2D eigenvalue weighted by Gasteiger charge is 2.16. The molecule has 1 amide bonds. The van der Waals surface area contributed by atoms with Crippen LogP contribution in [-0.4, -0.2) is 31.7 Å². The number of hydrogen-bond acceptors (Lipinski definition) is 6. The van der Waals surface area contributed by atoms with E-state index in [0.29, 0.717) is 28.2 Å². The van der Waals surface area contributed by atoms with E-state index in [1.165, 1.54) is 0 Å². The normalized spacial score (nSPS) is 11.3. The molecule has 29 heavy (non-hydrogen) atoms. The Morgan fingerprint density at radius 3 is 2.90 bits per heavy atom. The van der Waals surface area contributed by atoms with Crippen molar-refractivity contribution in [3.63, 3.8) is 0 Å². The minimum atomic E-state index is -0.413. The number of benzene rings is 1. The van der Waals surface area contributed by atoms with Crippen molar-refractivity contribution in [2.75, 3.05) is 0 Å². The van der Waals surface area contributed by atoms with Crippen LogP contribution in [-0.2, 0) is 11.3 Å². The molecule has 9 heteroatoms. The standard InChI is InChI=1S/C20H18ClN5O3/c1-11(2)28-20-15(21)8-12(9-23-20)19-24-18(25-29-19)14-4-3-5-16-13(14)6-7-26(16)10-17(22)27/h3-9,11H,10H2,1-2H3,(H2,22,27). The minimum Gasteiger partial charge on any atom is -0.474 e. The van der Waals surface area contributed by atoms with Crippen molar-refractivity contribution >= 4 is 28.4 Å². The lowest BCUT2D eigenvalue weighted by atomic mass is 10.1. The topological polar surface area (TPSA) is 109 Å². The maximum atomic E-state index is 11.3. The van der Waals surface area contributed by atoms with Gasteiger partial charge in [0.1, 0.15) is 11.6 Å². The summed E-state index contributed by atoms with van der Waals surface area (Å²) >= 11 is 6.25. The highest BCUT2D eigenvalue weighted by atomic mass is 35.5. The van der Waals surface area contributed by atoms with Gasteiger partial charge in [-0.3, -0.25) is 4.79 Å². The smallest absolute Gasteiger partial charge is 0.259 e. The van der Waals surface area contributed by atoms with E-state index in [9.17, 15) is 4.79 Å². The van der Waals surface area contributed by atoms with E-state index in [4.69, 9.17) is 26.6 Å². The Hall–Kier alpha value is -3.39. The first kappa shape index (κ1) is 18.9. The Balaban J connectivity index is 1.69. The number of nitrogens with two attached hydrogens (primary N) is 1. The number of primary amides is 1. The molecule has 3 heterocycles. The van der Waals surface area contributed by atoms with E-state index < -0.39 is 5.91 Å². The third-order valence-electron chi connectivity index (χ3n) is 4.21. The molecule has 148 valence electrons. The number of amides is 1. The van der Waals surface area contributed by atoms with E-state index in [2.05, 4.69) is 15.1 Å². The minimum absolute atomic E-state index is 0.0387. The summed E-state index contributed by atoms with van der Waals surface area (Å²) in [6, 6.07) is 9.21. The van der Waals surface area contributed by atoms with Crippen molar-refractivity contribution in [2.24, 2.45) is 5.73 Å². The second kappa shape index (κ2) is 7.56. The number of hydrogen-bond donors (Lipinski definition) is 1. The number of ether oxygens (including phenoxy) is 1. The molecule has 0 bridgehead atoms. The molecule has 3 aromatic heterocycles. The van der Waals surface area contributed by atoms with E-state index in [1.54, 1.807) is 23.0 Å². The monoisotopic (exact) mass is 411 g/mol. The first-order valence-electron chi connectivity index (χ1n) is 8.95. The van der Waals surface area contributed by atoms with E-state index >= 15 is 0 Å². The number of aromatic nitrogens is 4. The van der Waals surface area contributed by atoms with Crippen LogP contribution in [0.5, 0.6) is 5.88 Å². The first-order chi connectivity index (χ1) is 13.9. The number of carbonyl (C=O) groups is 1. The van der Waals surface area contributed by atoms with Crippen LogP contribution >= 0.6 is 11.6 Å².